The van der Waals surface area contributed by atoms with Crippen LogP contribution in [-0.2, 0) is 9.47 Å². The molecule has 0 fully saturated rings. The number of ether oxygens (including phenoxy) is 2. The molecule has 0 atom stereocenters. The number of rotatable bonds is 3. The van der Waals surface area contributed by atoms with Crippen molar-refractivity contribution in [2.45, 2.75) is 19.9 Å². The van der Waals surface area contributed by atoms with E-state index in [4.69, 9.17) is 0 Å². The van der Waals surface area contributed by atoms with Crippen molar-refractivity contribution in [1.82, 2.24) is 9.78 Å². The van der Waals surface area contributed by atoms with Crippen molar-refractivity contribution >= 4 is 11.9 Å². The highest BCUT2D eigenvalue weighted by Gasteiger charge is 2.21. The predicted octanol–water partition coefficient (Wildman–Crippen LogP) is 1.04. The van der Waals surface area contributed by atoms with Crippen LogP contribution in [0.15, 0.2) is 6.07 Å². The van der Waals surface area contributed by atoms with Crippen LogP contribution >= 0.6 is 0 Å². The van der Waals surface area contributed by atoms with Crippen molar-refractivity contribution in [2.75, 3.05) is 14.2 Å². The molecule has 6 nitrogen and oxygen atoms in total. The fraction of sp³-hybridized carbons (Fsp3) is 0.500. The third kappa shape index (κ3) is 2.21. The molecule has 1 aromatic rings. The Morgan fingerprint density at radius 3 is 2.25 bits per heavy atom. The van der Waals surface area contributed by atoms with Gasteiger partial charge >= 0.3 is 11.9 Å². The fourth-order valence-electron chi connectivity index (χ4n) is 1.25. The molecule has 16 heavy (non-hydrogen) atoms. The summed E-state index contributed by atoms with van der Waals surface area (Å²) in [4.78, 5) is 22.7. The molecule has 88 valence electrons. The van der Waals surface area contributed by atoms with Gasteiger partial charge in [-0.2, -0.15) is 5.10 Å². The van der Waals surface area contributed by atoms with Gasteiger partial charge in [-0.05, 0) is 13.8 Å². The minimum atomic E-state index is -0.579. The molecule has 0 aliphatic heterocycles. The SMILES string of the molecule is COC(=O)c1cc(C(=O)OC)n(C(C)C)n1. The minimum Gasteiger partial charge on any atom is -0.464 e. The lowest BCUT2D eigenvalue weighted by Gasteiger charge is -2.08. The lowest BCUT2D eigenvalue weighted by Crippen LogP contribution is -2.13. The molecule has 0 amide bonds. The molecular formula is C10H14N2O4. The normalized spacial score (nSPS) is 10.3. The molecule has 0 N–H and O–H groups in total. The highest BCUT2D eigenvalue weighted by Crippen LogP contribution is 2.13. The van der Waals surface area contributed by atoms with Crippen molar-refractivity contribution in [1.29, 1.82) is 0 Å². The van der Waals surface area contributed by atoms with Gasteiger partial charge in [0.1, 0.15) is 5.69 Å². The fourth-order valence-corrected chi connectivity index (χ4v) is 1.25. The van der Waals surface area contributed by atoms with E-state index >= 15 is 0 Å². The van der Waals surface area contributed by atoms with Crippen LogP contribution in [0.2, 0.25) is 0 Å². The van der Waals surface area contributed by atoms with Crippen LogP contribution in [0.3, 0.4) is 0 Å². The number of hydrogen-bond donors (Lipinski definition) is 0. The summed E-state index contributed by atoms with van der Waals surface area (Å²) < 4.78 is 10.6. The van der Waals surface area contributed by atoms with Gasteiger partial charge < -0.3 is 9.47 Å². The van der Waals surface area contributed by atoms with Gasteiger partial charge in [0.25, 0.3) is 0 Å². The van der Waals surface area contributed by atoms with Crippen LogP contribution in [0, 0.1) is 0 Å². The molecule has 0 aromatic carbocycles. The van der Waals surface area contributed by atoms with E-state index < -0.39 is 11.9 Å². The van der Waals surface area contributed by atoms with E-state index in [9.17, 15) is 9.59 Å². The highest BCUT2D eigenvalue weighted by atomic mass is 16.5. The average Bonchev–Trinajstić information content (AvgIpc) is 2.71. The average molecular weight is 226 g/mol. The van der Waals surface area contributed by atoms with Crippen LogP contribution in [-0.4, -0.2) is 35.9 Å². The summed E-state index contributed by atoms with van der Waals surface area (Å²) in [5, 5.41) is 3.99. The summed E-state index contributed by atoms with van der Waals surface area (Å²) in [6.07, 6.45) is 0. The van der Waals surface area contributed by atoms with Crippen molar-refractivity contribution in [3.63, 3.8) is 0 Å². The van der Waals surface area contributed by atoms with Crippen LogP contribution in [0.1, 0.15) is 40.9 Å². The maximum absolute atomic E-state index is 11.4. The molecule has 1 aromatic heterocycles. The molecule has 1 heterocycles. The smallest absolute Gasteiger partial charge is 0.358 e. The predicted molar refractivity (Wildman–Crippen MR) is 55.3 cm³/mol. The van der Waals surface area contributed by atoms with Crippen LogP contribution < -0.4 is 0 Å². The second-order valence-electron chi connectivity index (χ2n) is 3.44. The van der Waals surface area contributed by atoms with Gasteiger partial charge in [-0.1, -0.05) is 0 Å². The molecule has 0 saturated heterocycles. The van der Waals surface area contributed by atoms with Crippen molar-refractivity contribution in [3.05, 3.63) is 17.5 Å². The van der Waals surface area contributed by atoms with Gasteiger partial charge in [0, 0.05) is 12.1 Å². The molecule has 0 radical (unpaired) electrons. The quantitative estimate of drug-likeness (QED) is 0.720. The largest absolute Gasteiger partial charge is 0.464 e. The lowest BCUT2D eigenvalue weighted by molar-refractivity contribution is 0.0579. The van der Waals surface area contributed by atoms with Gasteiger partial charge in [-0.15, -0.1) is 0 Å². The molecule has 0 bridgehead atoms. The monoisotopic (exact) mass is 226 g/mol. The van der Waals surface area contributed by atoms with Gasteiger partial charge in [0.15, 0.2) is 5.69 Å². The summed E-state index contributed by atoms with van der Waals surface area (Å²) in [7, 11) is 2.53. The van der Waals surface area contributed by atoms with E-state index in [0.717, 1.165) is 0 Å². The second kappa shape index (κ2) is 4.78. The molecule has 0 aliphatic carbocycles. The molecule has 0 spiro atoms. The maximum atomic E-state index is 11.4. The molecule has 6 heteroatoms. The number of carbonyl (C=O) groups excluding carboxylic acids is 2. The number of aromatic nitrogens is 2. The molecule has 0 saturated carbocycles. The maximum Gasteiger partial charge on any atom is 0.358 e. The first-order valence-corrected chi connectivity index (χ1v) is 4.77. The minimum absolute atomic E-state index is 0.0486. The Labute approximate surface area is 93.1 Å². The number of methoxy groups -OCH3 is 2. The van der Waals surface area contributed by atoms with Gasteiger partial charge in [0.05, 0.1) is 14.2 Å². The zero-order chi connectivity index (χ0) is 12.3. The highest BCUT2D eigenvalue weighted by molar-refractivity contribution is 5.93. The standard InChI is InChI=1S/C10H14N2O4/c1-6(2)12-8(10(14)16-4)5-7(11-12)9(13)15-3/h5-6H,1-4H3. The first-order chi connectivity index (χ1) is 7.51. The van der Waals surface area contributed by atoms with E-state index in [0.29, 0.717) is 0 Å². The van der Waals surface area contributed by atoms with Crippen molar-refractivity contribution < 1.29 is 19.1 Å². The molecule has 0 unspecified atom stereocenters. The van der Waals surface area contributed by atoms with Crippen LogP contribution in [0.5, 0.6) is 0 Å². The molecule has 1 rings (SSSR count). The van der Waals surface area contributed by atoms with E-state index in [1.54, 1.807) is 0 Å². The molecular weight excluding hydrogens is 212 g/mol. The molecule has 0 aliphatic rings. The van der Waals surface area contributed by atoms with Crippen molar-refractivity contribution in [2.24, 2.45) is 0 Å². The zero-order valence-corrected chi connectivity index (χ0v) is 9.68. The number of esters is 2. The Bertz CT molecular complexity index is 409. The summed E-state index contributed by atoms with van der Waals surface area (Å²) in [6.45, 7) is 3.70. The Morgan fingerprint density at radius 2 is 1.81 bits per heavy atom. The van der Waals surface area contributed by atoms with E-state index in [2.05, 4.69) is 14.6 Å². The summed E-state index contributed by atoms with van der Waals surface area (Å²) in [6, 6.07) is 1.31. The Hall–Kier alpha value is -1.85. The number of nitrogens with zero attached hydrogens (tertiary/aromatic N) is 2. The lowest BCUT2D eigenvalue weighted by atomic mass is 10.3. The third-order valence-corrected chi connectivity index (χ3v) is 2.01. The Balaban J connectivity index is 3.20. The summed E-state index contributed by atoms with van der Waals surface area (Å²) in [5.41, 5.74) is 0.328. The van der Waals surface area contributed by atoms with Crippen LogP contribution in [0.25, 0.3) is 0 Å². The summed E-state index contributed by atoms with van der Waals surface area (Å²) in [5.74, 6) is -1.11. The van der Waals surface area contributed by atoms with Gasteiger partial charge in [-0.3, -0.25) is 4.68 Å². The number of carbonyl (C=O) groups is 2. The second-order valence-corrected chi connectivity index (χ2v) is 3.44. The Kier molecular flexibility index (Phi) is 3.65. The third-order valence-electron chi connectivity index (χ3n) is 2.01. The van der Waals surface area contributed by atoms with E-state index in [1.807, 2.05) is 13.8 Å². The van der Waals surface area contributed by atoms with E-state index in [1.165, 1.54) is 25.0 Å². The Morgan fingerprint density at radius 1 is 1.25 bits per heavy atom. The van der Waals surface area contributed by atoms with Crippen molar-refractivity contribution in [3.8, 4) is 0 Å². The topological polar surface area (TPSA) is 70.4 Å². The first kappa shape index (κ1) is 12.2. The zero-order valence-electron chi connectivity index (χ0n) is 9.68. The van der Waals surface area contributed by atoms with Gasteiger partial charge in [0.2, 0.25) is 0 Å². The number of hydrogen-bond acceptors (Lipinski definition) is 5. The first-order valence-electron chi connectivity index (χ1n) is 4.77. The summed E-state index contributed by atoms with van der Waals surface area (Å²) >= 11 is 0. The van der Waals surface area contributed by atoms with Gasteiger partial charge in [-0.25, -0.2) is 9.59 Å². The van der Waals surface area contributed by atoms with E-state index in [-0.39, 0.29) is 17.4 Å². The van der Waals surface area contributed by atoms with Crippen LogP contribution in [0.4, 0.5) is 0 Å².